The van der Waals surface area contributed by atoms with Crippen molar-refractivity contribution in [3.8, 4) is 17.3 Å². The van der Waals surface area contributed by atoms with Crippen LogP contribution in [0, 0.1) is 12.7 Å². The molecule has 0 spiro atoms. The van der Waals surface area contributed by atoms with E-state index in [2.05, 4.69) is 15.2 Å². The number of aryl methyl sites for hydroxylation is 1. The molecule has 4 rings (SSSR count). The zero-order valence-corrected chi connectivity index (χ0v) is 14.3. The second kappa shape index (κ2) is 6.14. The summed E-state index contributed by atoms with van der Waals surface area (Å²) < 4.78 is 20.8. The molecule has 0 amide bonds. The van der Waals surface area contributed by atoms with Crippen LogP contribution in [0.25, 0.3) is 17.3 Å². The van der Waals surface area contributed by atoms with Gasteiger partial charge in [-0.25, -0.2) is 9.07 Å². The molecule has 0 atom stereocenters. The summed E-state index contributed by atoms with van der Waals surface area (Å²) in [6, 6.07) is 7.56. The van der Waals surface area contributed by atoms with Gasteiger partial charge >= 0.3 is 0 Å². The Labute approximate surface area is 148 Å². The fraction of sp³-hybridized carbons (Fsp3) is 0.333. The first-order chi connectivity index (χ1) is 12.5. The standard InChI is InChI=1S/C18H18FN5O2/c1-11-10-14(25)15(22-24(11)13-7-3-2-6-12(13)19)16-21-17(23-26-16)18(20)8-4-5-9-18/h2-3,6-7,10H,4-5,8-9,20H2,1H3. The van der Waals surface area contributed by atoms with Gasteiger partial charge in [-0.3, -0.25) is 4.79 Å². The molecule has 3 aromatic rings. The van der Waals surface area contributed by atoms with E-state index in [4.69, 9.17) is 10.3 Å². The minimum Gasteiger partial charge on any atom is -0.332 e. The van der Waals surface area contributed by atoms with Crippen molar-refractivity contribution >= 4 is 0 Å². The predicted octanol–water partition coefficient (Wildman–Crippen LogP) is 2.46. The van der Waals surface area contributed by atoms with Crippen molar-refractivity contribution in [2.24, 2.45) is 5.73 Å². The van der Waals surface area contributed by atoms with Gasteiger partial charge in [-0.05, 0) is 31.9 Å². The lowest BCUT2D eigenvalue weighted by Gasteiger charge is -2.17. The smallest absolute Gasteiger partial charge is 0.282 e. The van der Waals surface area contributed by atoms with Crippen molar-refractivity contribution in [2.45, 2.75) is 38.1 Å². The monoisotopic (exact) mass is 355 g/mol. The van der Waals surface area contributed by atoms with Crippen molar-refractivity contribution in [3.05, 3.63) is 57.9 Å². The summed E-state index contributed by atoms with van der Waals surface area (Å²) in [4.78, 5) is 16.7. The first-order valence-electron chi connectivity index (χ1n) is 8.47. The molecule has 1 aliphatic rings. The van der Waals surface area contributed by atoms with Gasteiger partial charge in [0.1, 0.15) is 11.5 Å². The third kappa shape index (κ3) is 2.72. The van der Waals surface area contributed by atoms with Crippen molar-refractivity contribution in [1.82, 2.24) is 19.9 Å². The minimum atomic E-state index is -0.628. The van der Waals surface area contributed by atoms with Crippen molar-refractivity contribution in [3.63, 3.8) is 0 Å². The summed E-state index contributed by atoms with van der Waals surface area (Å²) in [6.07, 6.45) is 3.55. The Morgan fingerprint density at radius 3 is 2.73 bits per heavy atom. The number of hydrogen-bond donors (Lipinski definition) is 1. The lowest BCUT2D eigenvalue weighted by Crippen LogP contribution is -2.34. The van der Waals surface area contributed by atoms with Crippen LogP contribution in [-0.4, -0.2) is 19.9 Å². The molecule has 0 radical (unpaired) electrons. The molecule has 2 N–H and O–H groups in total. The van der Waals surface area contributed by atoms with Crippen LogP contribution in [0.1, 0.15) is 37.2 Å². The molecular weight excluding hydrogens is 337 g/mol. The Kier molecular flexibility index (Phi) is 3.91. The first kappa shape index (κ1) is 16.6. The van der Waals surface area contributed by atoms with Gasteiger partial charge in [0, 0.05) is 11.8 Å². The Balaban J connectivity index is 1.81. The van der Waals surface area contributed by atoms with Gasteiger partial charge in [-0.1, -0.05) is 30.1 Å². The highest BCUT2D eigenvalue weighted by Gasteiger charge is 2.36. The Morgan fingerprint density at radius 2 is 2.00 bits per heavy atom. The molecule has 2 aromatic heterocycles. The summed E-state index contributed by atoms with van der Waals surface area (Å²) in [5.41, 5.74) is 6.04. The normalized spacial score (nSPS) is 16.1. The first-order valence-corrected chi connectivity index (χ1v) is 8.47. The van der Waals surface area contributed by atoms with Gasteiger partial charge in [-0.15, -0.1) is 0 Å². The van der Waals surface area contributed by atoms with E-state index >= 15 is 0 Å². The van der Waals surface area contributed by atoms with Gasteiger partial charge in [0.15, 0.2) is 11.5 Å². The van der Waals surface area contributed by atoms with Crippen LogP contribution in [-0.2, 0) is 5.54 Å². The summed E-state index contributed by atoms with van der Waals surface area (Å²) >= 11 is 0. The number of halogens is 1. The van der Waals surface area contributed by atoms with Crippen LogP contribution >= 0.6 is 0 Å². The molecule has 0 saturated heterocycles. The van der Waals surface area contributed by atoms with Crippen molar-refractivity contribution in [1.29, 1.82) is 0 Å². The van der Waals surface area contributed by atoms with Gasteiger partial charge in [0.25, 0.3) is 5.89 Å². The molecule has 0 unspecified atom stereocenters. The quantitative estimate of drug-likeness (QED) is 0.775. The molecule has 134 valence electrons. The van der Waals surface area contributed by atoms with E-state index in [-0.39, 0.29) is 22.7 Å². The average molecular weight is 355 g/mol. The maximum atomic E-state index is 14.1. The third-order valence-electron chi connectivity index (χ3n) is 4.76. The van der Waals surface area contributed by atoms with E-state index < -0.39 is 11.4 Å². The highest BCUT2D eigenvalue weighted by molar-refractivity contribution is 5.47. The van der Waals surface area contributed by atoms with Gasteiger partial charge in [-0.2, -0.15) is 10.1 Å². The Hall–Kier alpha value is -2.87. The van der Waals surface area contributed by atoms with E-state index in [9.17, 15) is 9.18 Å². The lowest BCUT2D eigenvalue weighted by molar-refractivity contribution is 0.372. The van der Waals surface area contributed by atoms with E-state index in [0.29, 0.717) is 11.5 Å². The van der Waals surface area contributed by atoms with Gasteiger partial charge in [0.2, 0.25) is 5.43 Å². The second-order valence-corrected chi connectivity index (χ2v) is 6.65. The highest BCUT2D eigenvalue weighted by Crippen LogP contribution is 2.35. The molecule has 7 nitrogen and oxygen atoms in total. The molecule has 1 saturated carbocycles. The van der Waals surface area contributed by atoms with Gasteiger partial charge in [0.05, 0.1) is 5.54 Å². The van der Waals surface area contributed by atoms with Crippen molar-refractivity contribution < 1.29 is 8.91 Å². The number of nitrogens with zero attached hydrogens (tertiary/aromatic N) is 4. The SMILES string of the molecule is Cc1cc(=O)c(-c2nc(C3(N)CCCC3)no2)nn1-c1ccccc1F. The molecule has 2 heterocycles. The number of aromatic nitrogens is 4. The fourth-order valence-corrected chi connectivity index (χ4v) is 3.31. The molecule has 1 aliphatic carbocycles. The van der Waals surface area contributed by atoms with Crippen LogP contribution < -0.4 is 11.2 Å². The van der Waals surface area contributed by atoms with E-state index in [1.165, 1.54) is 16.8 Å². The Bertz CT molecular complexity index is 1020. The van der Waals surface area contributed by atoms with E-state index in [1.807, 2.05) is 0 Å². The molecule has 8 heteroatoms. The zero-order valence-electron chi connectivity index (χ0n) is 14.3. The number of benzene rings is 1. The molecule has 1 aromatic carbocycles. The van der Waals surface area contributed by atoms with E-state index in [1.54, 1.807) is 25.1 Å². The topological polar surface area (TPSA) is 99.8 Å². The van der Waals surface area contributed by atoms with Crippen LogP contribution in [0.5, 0.6) is 0 Å². The molecule has 0 bridgehead atoms. The zero-order chi connectivity index (χ0) is 18.3. The Morgan fingerprint density at radius 1 is 1.27 bits per heavy atom. The summed E-state index contributed by atoms with van der Waals surface area (Å²) in [5.74, 6) is -0.0770. The number of hydrogen-bond acceptors (Lipinski definition) is 6. The number of rotatable bonds is 3. The second-order valence-electron chi connectivity index (χ2n) is 6.65. The highest BCUT2D eigenvalue weighted by atomic mass is 19.1. The number of para-hydroxylation sites is 1. The minimum absolute atomic E-state index is 0.00758. The largest absolute Gasteiger partial charge is 0.332 e. The maximum absolute atomic E-state index is 14.1. The van der Waals surface area contributed by atoms with Crippen LogP contribution in [0.3, 0.4) is 0 Å². The molecule has 0 aliphatic heterocycles. The average Bonchev–Trinajstić information content (AvgIpc) is 3.26. The molecule has 1 fully saturated rings. The van der Waals surface area contributed by atoms with Gasteiger partial charge < -0.3 is 10.3 Å². The molecule has 26 heavy (non-hydrogen) atoms. The summed E-state index contributed by atoms with van der Waals surface area (Å²) in [7, 11) is 0. The third-order valence-corrected chi connectivity index (χ3v) is 4.76. The van der Waals surface area contributed by atoms with Crippen molar-refractivity contribution in [2.75, 3.05) is 0 Å². The number of nitrogens with two attached hydrogens (primary N) is 1. The fourth-order valence-electron chi connectivity index (χ4n) is 3.31. The lowest BCUT2D eigenvalue weighted by atomic mass is 9.99. The van der Waals surface area contributed by atoms with Crippen LogP contribution in [0.4, 0.5) is 4.39 Å². The summed E-state index contributed by atoms with van der Waals surface area (Å²) in [5, 5.41) is 8.22. The van der Waals surface area contributed by atoms with E-state index in [0.717, 1.165) is 25.7 Å². The van der Waals surface area contributed by atoms with Crippen LogP contribution in [0.15, 0.2) is 39.6 Å². The predicted molar refractivity (Wildman–Crippen MR) is 92.2 cm³/mol. The molecular formula is C18H18FN5O2. The summed E-state index contributed by atoms with van der Waals surface area (Å²) in [6.45, 7) is 1.68. The van der Waals surface area contributed by atoms with Crippen LogP contribution in [0.2, 0.25) is 0 Å². The maximum Gasteiger partial charge on any atom is 0.282 e.